The fraction of sp³-hybridized carbons (Fsp3) is 0.0833. The second-order valence-electron chi connectivity index (χ2n) is 4.20. The van der Waals surface area contributed by atoms with Crippen LogP contribution in [0.25, 0.3) is 5.65 Å². The molecule has 8 heteroatoms. The van der Waals surface area contributed by atoms with Gasteiger partial charge in [-0.05, 0) is 53.2 Å². The molecule has 1 aromatic carbocycles. The lowest BCUT2D eigenvalue weighted by molar-refractivity contribution is 0.0696. The van der Waals surface area contributed by atoms with E-state index in [0.29, 0.717) is 17.0 Å². The van der Waals surface area contributed by atoms with Crippen LogP contribution in [0.15, 0.2) is 30.3 Å². The zero-order valence-electron chi connectivity index (χ0n) is 10.5. The predicted octanol–water partition coefficient (Wildman–Crippen LogP) is 1.27. The zero-order valence-corrected chi connectivity index (χ0v) is 10.5. The van der Waals surface area contributed by atoms with Gasteiger partial charge < -0.3 is 10.4 Å². The number of nitrogens with zero attached hydrogens (tertiary/aromatic N) is 5. The minimum absolute atomic E-state index is 0.277. The first-order valence-electron chi connectivity index (χ1n) is 5.80. The normalized spacial score (nSPS) is 10.7. The van der Waals surface area contributed by atoms with Crippen LogP contribution in [0.3, 0.4) is 0 Å². The van der Waals surface area contributed by atoms with E-state index < -0.39 is 5.97 Å². The third kappa shape index (κ3) is 2.14. The number of carbonyl (C=O) groups is 1. The first kappa shape index (κ1) is 12.0. The highest BCUT2D eigenvalue weighted by atomic mass is 16.4. The third-order valence-electron chi connectivity index (χ3n) is 2.80. The predicted molar refractivity (Wildman–Crippen MR) is 70.0 cm³/mol. The molecule has 3 aromatic rings. The smallest absolute Gasteiger partial charge is 0.335 e. The lowest BCUT2D eigenvalue weighted by atomic mass is 10.1. The monoisotopic (exact) mass is 270 g/mol. The quantitative estimate of drug-likeness (QED) is 0.738. The molecule has 0 fully saturated rings. The van der Waals surface area contributed by atoms with Crippen molar-refractivity contribution in [3.05, 3.63) is 41.5 Å². The molecule has 0 aliphatic rings. The van der Waals surface area contributed by atoms with Crippen LogP contribution in [-0.4, -0.2) is 36.3 Å². The maximum absolute atomic E-state index is 10.9. The topological polar surface area (TPSA) is 105 Å². The van der Waals surface area contributed by atoms with Gasteiger partial charge in [0.1, 0.15) is 0 Å². The number of nitrogens with one attached hydrogen (secondary N) is 1. The van der Waals surface area contributed by atoms with Crippen LogP contribution in [0.5, 0.6) is 0 Å². The van der Waals surface area contributed by atoms with Crippen LogP contribution in [0.4, 0.5) is 11.5 Å². The zero-order chi connectivity index (χ0) is 14.1. The molecule has 0 amide bonds. The molecule has 100 valence electrons. The van der Waals surface area contributed by atoms with Gasteiger partial charge in [0.15, 0.2) is 11.5 Å². The molecule has 20 heavy (non-hydrogen) atoms. The maximum atomic E-state index is 10.9. The maximum Gasteiger partial charge on any atom is 0.335 e. The molecular weight excluding hydrogens is 260 g/mol. The van der Waals surface area contributed by atoms with Crippen LogP contribution >= 0.6 is 0 Å². The Morgan fingerprint density at radius 1 is 1.30 bits per heavy atom. The molecule has 0 unspecified atom stereocenters. The van der Waals surface area contributed by atoms with E-state index in [1.54, 1.807) is 37.3 Å². The first-order valence-corrected chi connectivity index (χ1v) is 5.80. The van der Waals surface area contributed by atoms with E-state index in [1.165, 1.54) is 4.63 Å². The number of hydrogen-bond donors (Lipinski definition) is 2. The molecule has 2 N–H and O–H groups in total. The van der Waals surface area contributed by atoms with Crippen molar-refractivity contribution in [3.8, 4) is 0 Å². The van der Waals surface area contributed by atoms with Gasteiger partial charge in [0.2, 0.25) is 0 Å². The Labute approximate surface area is 113 Å². The molecule has 0 radical (unpaired) electrons. The summed E-state index contributed by atoms with van der Waals surface area (Å²) in [5.74, 6) is -0.380. The van der Waals surface area contributed by atoms with Gasteiger partial charge in [-0.15, -0.1) is 14.8 Å². The van der Waals surface area contributed by atoms with Crippen molar-refractivity contribution in [2.24, 2.45) is 0 Å². The molecule has 0 aliphatic carbocycles. The largest absolute Gasteiger partial charge is 0.478 e. The van der Waals surface area contributed by atoms with Crippen LogP contribution in [0.2, 0.25) is 0 Å². The summed E-state index contributed by atoms with van der Waals surface area (Å²) >= 11 is 0. The van der Waals surface area contributed by atoms with Crippen molar-refractivity contribution in [1.82, 2.24) is 25.3 Å². The number of tetrazole rings is 1. The Kier molecular flexibility index (Phi) is 2.75. The number of aromatic nitrogens is 5. The summed E-state index contributed by atoms with van der Waals surface area (Å²) in [5, 5.41) is 27.2. The molecule has 2 heterocycles. The van der Waals surface area contributed by atoms with Gasteiger partial charge >= 0.3 is 5.97 Å². The molecule has 8 nitrogen and oxygen atoms in total. The fourth-order valence-corrected chi connectivity index (χ4v) is 1.85. The second-order valence-corrected chi connectivity index (χ2v) is 4.20. The molecule has 0 saturated carbocycles. The average Bonchev–Trinajstić information content (AvgIpc) is 2.85. The number of fused-ring (bicyclic) bond motifs is 1. The van der Waals surface area contributed by atoms with E-state index in [9.17, 15) is 4.79 Å². The highest BCUT2D eigenvalue weighted by Gasteiger charge is 2.08. The summed E-state index contributed by atoms with van der Waals surface area (Å²) in [6.07, 6.45) is 0. The van der Waals surface area contributed by atoms with E-state index >= 15 is 0 Å². The number of carboxylic acid groups (broad SMARTS) is 1. The fourth-order valence-electron chi connectivity index (χ4n) is 1.85. The number of anilines is 2. The Bertz CT molecular complexity index is 797. The van der Waals surface area contributed by atoms with E-state index in [0.717, 1.165) is 5.69 Å². The lowest BCUT2D eigenvalue weighted by Gasteiger charge is -2.07. The number of hydrogen-bond acceptors (Lipinski definition) is 6. The highest BCUT2D eigenvalue weighted by Crippen LogP contribution is 2.18. The van der Waals surface area contributed by atoms with Gasteiger partial charge in [0, 0.05) is 5.69 Å². The van der Waals surface area contributed by atoms with Gasteiger partial charge in [-0.2, -0.15) is 0 Å². The van der Waals surface area contributed by atoms with Crippen molar-refractivity contribution in [3.63, 3.8) is 0 Å². The molecule has 0 atom stereocenters. The van der Waals surface area contributed by atoms with E-state index in [4.69, 9.17) is 5.11 Å². The van der Waals surface area contributed by atoms with Crippen molar-refractivity contribution < 1.29 is 9.90 Å². The molecule has 0 bridgehead atoms. The van der Waals surface area contributed by atoms with Gasteiger partial charge in [-0.25, -0.2) is 4.79 Å². The van der Waals surface area contributed by atoms with Crippen LogP contribution < -0.4 is 5.32 Å². The average molecular weight is 270 g/mol. The second kappa shape index (κ2) is 4.57. The highest BCUT2D eigenvalue weighted by molar-refractivity contribution is 5.90. The van der Waals surface area contributed by atoms with Crippen LogP contribution in [0, 0.1) is 6.92 Å². The van der Waals surface area contributed by atoms with E-state index in [-0.39, 0.29) is 5.56 Å². The van der Waals surface area contributed by atoms with E-state index in [1.807, 2.05) is 0 Å². The molecular formula is C12H10N6O2. The summed E-state index contributed by atoms with van der Waals surface area (Å²) in [4.78, 5) is 10.9. The Morgan fingerprint density at radius 3 is 2.90 bits per heavy atom. The lowest BCUT2D eigenvalue weighted by Crippen LogP contribution is -2.02. The summed E-state index contributed by atoms with van der Waals surface area (Å²) < 4.78 is 1.31. The SMILES string of the molecule is Cc1cc(Nc2ccc3nnnn3n2)ccc1C(=O)O. The number of benzene rings is 1. The number of aryl methyl sites for hydroxylation is 1. The number of carboxylic acids is 1. The Morgan fingerprint density at radius 2 is 2.15 bits per heavy atom. The molecule has 2 aromatic heterocycles. The van der Waals surface area contributed by atoms with Crippen LogP contribution in [-0.2, 0) is 0 Å². The Balaban J connectivity index is 1.90. The van der Waals surface area contributed by atoms with Crippen molar-refractivity contribution in [2.75, 3.05) is 5.32 Å². The number of rotatable bonds is 3. The summed E-state index contributed by atoms with van der Waals surface area (Å²) in [7, 11) is 0. The van der Waals surface area contributed by atoms with Crippen LogP contribution in [0.1, 0.15) is 15.9 Å². The van der Waals surface area contributed by atoms with E-state index in [2.05, 4.69) is 25.9 Å². The van der Waals surface area contributed by atoms with Crippen molar-refractivity contribution in [2.45, 2.75) is 6.92 Å². The minimum atomic E-state index is -0.942. The van der Waals surface area contributed by atoms with Gasteiger partial charge in [0.05, 0.1) is 5.56 Å². The minimum Gasteiger partial charge on any atom is -0.478 e. The molecule has 3 rings (SSSR count). The summed E-state index contributed by atoms with van der Waals surface area (Å²) in [6.45, 7) is 1.74. The molecule has 0 spiro atoms. The van der Waals surface area contributed by atoms with Gasteiger partial charge in [-0.3, -0.25) is 0 Å². The first-order chi connectivity index (χ1) is 9.63. The third-order valence-corrected chi connectivity index (χ3v) is 2.80. The van der Waals surface area contributed by atoms with Crippen molar-refractivity contribution >= 4 is 23.1 Å². The molecule has 0 saturated heterocycles. The summed E-state index contributed by atoms with van der Waals surface area (Å²) in [5.41, 5.74) is 2.24. The Hall–Kier alpha value is -3.03. The van der Waals surface area contributed by atoms with Crippen molar-refractivity contribution in [1.29, 1.82) is 0 Å². The molecule has 0 aliphatic heterocycles. The number of aromatic carboxylic acids is 1. The standard InChI is InChI=1S/C12H10N6O2/c1-7-6-8(2-3-9(7)12(19)20)13-10-4-5-11-14-16-17-18(11)15-10/h2-6H,1H3,(H,13,15)(H,19,20). The van der Waals surface area contributed by atoms with Gasteiger partial charge in [0.25, 0.3) is 0 Å². The van der Waals surface area contributed by atoms with Gasteiger partial charge in [-0.1, -0.05) is 0 Å². The summed E-state index contributed by atoms with van der Waals surface area (Å²) in [6, 6.07) is 8.45.